The van der Waals surface area contributed by atoms with Gasteiger partial charge in [0.2, 0.25) is 0 Å². The Morgan fingerprint density at radius 1 is 1.21 bits per heavy atom. The van der Waals surface area contributed by atoms with Crippen molar-refractivity contribution in [2.75, 3.05) is 7.11 Å². The van der Waals surface area contributed by atoms with Gasteiger partial charge in [0.1, 0.15) is 0 Å². The molecule has 0 saturated heterocycles. The largest absolute Gasteiger partial charge is 0.469 e. The van der Waals surface area contributed by atoms with E-state index in [0.29, 0.717) is 19.3 Å². The molecule has 0 fully saturated rings. The van der Waals surface area contributed by atoms with Crippen molar-refractivity contribution in [3.63, 3.8) is 0 Å². The lowest BCUT2D eigenvalue weighted by Gasteiger charge is -2.38. The van der Waals surface area contributed by atoms with Crippen molar-refractivity contribution in [3.05, 3.63) is 35.5 Å². The van der Waals surface area contributed by atoms with Gasteiger partial charge in [0.15, 0.2) is 14.1 Å². The first-order valence-electron chi connectivity index (χ1n) is 12.4. The third-order valence-corrected chi connectivity index (χ3v) is 11.2. The lowest BCUT2D eigenvalue weighted by Crippen LogP contribution is -2.44. The first-order chi connectivity index (χ1) is 15.4. The fourth-order valence-electron chi connectivity index (χ4n) is 3.53. The molecule has 0 spiro atoms. The molecular weight excluding hydrogens is 432 g/mol. The Kier molecular flexibility index (Phi) is 12.5. The van der Waals surface area contributed by atoms with Crippen LogP contribution in [0.15, 0.2) is 35.5 Å². The van der Waals surface area contributed by atoms with Crippen molar-refractivity contribution in [2.24, 2.45) is 0 Å². The second-order valence-corrected chi connectivity index (χ2v) is 15.3. The fourth-order valence-corrected chi connectivity index (χ4v) is 4.81. The number of unbranched alkanes of at least 4 members (excludes halogenated alkanes) is 3. The molecule has 2 atom stereocenters. The number of rotatable bonds is 14. The third kappa shape index (κ3) is 10.1. The van der Waals surface area contributed by atoms with Crippen LogP contribution in [0.1, 0.15) is 85.5 Å². The number of aliphatic hydroxyl groups is 1. The molecule has 5 nitrogen and oxygen atoms in total. The highest BCUT2D eigenvalue weighted by molar-refractivity contribution is 6.74. The lowest BCUT2D eigenvalue weighted by molar-refractivity contribution is -0.140. The summed E-state index contributed by atoms with van der Waals surface area (Å²) in [5, 5.41) is 10.4. The molecule has 0 amide bonds. The molecule has 1 unspecified atom stereocenters. The lowest BCUT2D eigenvalue weighted by atomic mass is 10.0. The van der Waals surface area contributed by atoms with Crippen LogP contribution in [-0.2, 0) is 18.8 Å². The summed E-state index contributed by atoms with van der Waals surface area (Å²) < 4.78 is 11.3. The minimum absolute atomic E-state index is 0.0484. The van der Waals surface area contributed by atoms with Crippen LogP contribution in [0.25, 0.3) is 0 Å². The Balaban J connectivity index is 2.99. The molecule has 0 aromatic heterocycles. The highest BCUT2D eigenvalue weighted by Gasteiger charge is 2.42. The van der Waals surface area contributed by atoms with Crippen LogP contribution < -0.4 is 0 Å². The summed E-state index contributed by atoms with van der Waals surface area (Å²) >= 11 is 0. The van der Waals surface area contributed by atoms with E-state index < -0.39 is 14.4 Å². The molecule has 1 rings (SSSR count). The molecule has 33 heavy (non-hydrogen) atoms. The molecule has 0 saturated carbocycles. The Bertz CT molecular complexity index is 727. The van der Waals surface area contributed by atoms with Gasteiger partial charge in [-0.15, -0.1) is 0 Å². The van der Waals surface area contributed by atoms with Crippen LogP contribution in [-0.4, -0.2) is 44.5 Å². The molecule has 0 aromatic carbocycles. The number of methoxy groups -OCH3 is 1. The molecule has 0 radical (unpaired) electrons. The molecule has 0 aliphatic heterocycles. The zero-order valence-corrected chi connectivity index (χ0v) is 22.9. The maximum Gasteiger partial charge on any atom is 0.305 e. The minimum atomic E-state index is -2.06. The number of carbonyl (C=O) groups is 2. The van der Waals surface area contributed by atoms with Crippen molar-refractivity contribution < 1.29 is 23.9 Å². The average molecular weight is 479 g/mol. The predicted molar refractivity (Wildman–Crippen MR) is 138 cm³/mol. The number of Topliss-reactive ketones (excluding diaryl/α,β-unsaturated/α-hetero) is 1. The smallest absolute Gasteiger partial charge is 0.305 e. The highest BCUT2D eigenvalue weighted by atomic mass is 28.4. The van der Waals surface area contributed by atoms with Gasteiger partial charge in [0.25, 0.3) is 0 Å². The van der Waals surface area contributed by atoms with Crippen molar-refractivity contribution in [1.29, 1.82) is 0 Å². The van der Waals surface area contributed by atoms with Crippen LogP contribution >= 0.6 is 0 Å². The van der Waals surface area contributed by atoms with Gasteiger partial charge >= 0.3 is 5.97 Å². The van der Waals surface area contributed by atoms with Gasteiger partial charge in [-0.1, -0.05) is 71.3 Å². The van der Waals surface area contributed by atoms with Gasteiger partial charge < -0.3 is 14.3 Å². The summed E-state index contributed by atoms with van der Waals surface area (Å²) in [5.74, 6) is -0.0781. The minimum Gasteiger partial charge on any atom is -0.469 e. The van der Waals surface area contributed by atoms with Gasteiger partial charge in [0.05, 0.1) is 19.3 Å². The number of ketones is 1. The van der Waals surface area contributed by atoms with Gasteiger partial charge in [-0.2, -0.15) is 0 Å². The van der Waals surface area contributed by atoms with E-state index in [4.69, 9.17) is 4.43 Å². The van der Waals surface area contributed by atoms with E-state index in [1.807, 2.05) is 24.3 Å². The molecular formula is C27H46O5Si. The Labute approximate surface area is 202 Å². The monoisotopic (exact) mass is 478 g/mol. The third-order valence-electron chi connectivity index (χ3n) is 6.72. The summed E-state index contributed by atoms with van der Waals surface area (Å²) in [6, 6.07) is 0. The first-order valence-corrected chi connectivity index (χ1v) is 15.4. The number of hydrogen-bond donors (Lipinski definition) is 1. The maximum absolute atomic E-state index is 12.9. The van der Waals surface area contributed by atoms with Crippen LogP contribution in [0.3, 0.4) is 0 Å². The standard InChI is InChI=1S/C27H46O5Si/c1-8-9-12-15-21(28)18-19-23-22(16-13-10-11-14-17-26(30)31-5)24(29)20-25(23)32-33(6,7)27(2,3)4/h10,13,18-19,21,25,28H,8-9,11-12,14-17,20H2,1-7H3/b13-10-,19-18+/t21-,25?/m0/s1. The van der Waals surface area contributed by atoms with Gasteiger partial charge in [-0.3, -0.25) is 9.59 Å². The number of allylic oxidation sites excluding steroid dienone is 3. The van der Waals surface area contributed by atoms with Gasteiger partial charge in [-0.25, -0.2) is 0 Å². The summed E-state index contributed by atoms with van der Waals surface area (Å²) in [6.07, 6.45) is 13.8. The summed E-state index contributed by atoms with van der Waals surface area (Å²) in [4.78, 5) is 24.2. The fraction of sp³-hybridized carbons (Fsp3) is 0.704. The quantitative estimate of drug-likeness (QED) is 0.135. The number of esters is 1. The number of carbonyl (C=O) groups excluding carboxylic acids is 2. The van der Waals surface area contributed by atoms with Crippen LogP contribution in [0.5, 0.6) is 0 Å². The van der Waals surface area contributed by atoms with E-state index in [1.54, 1.807) is 0 Å². The van der Waals surface area contributed by atoms with Gasteiger partial charge in [0, 0.05) is 18.4 Å². The van der Waals surface area contributed by atoms with Crippen molar-refractivity contribution in [2.45, 2.75) is 116 Å². The molecule has 0 aromatic rings. The van der Waals surface area contributed by atoms with E-state index in [1.165, 1.54) is 7.11 Å². The summed E-state index contributed by atoms with van der Waals surface area (Å²) in [6.45, 7) is 13.2. The van der Waals surface area contributed by atoms with Crippen LogP contribution in [0.2, 0.25) is 18.1 Å². The van der Waals surface area contributed by atoms with E-state index in [2.05, 4.69) is 45.5 Å². The van der Waals surface area contributed by atoms with Crippen LogP contribution in [0.4, 0.5) is 0 Å². The molecule has 6 heteroatoms. The zero-order valence-electron chi connectivity index (χ0n) is 21.9. The molecule has 1 aliphatic carbocycles. The zero-order chi connectivity index (χ0) is 25.1. The summed E-state index contributed by atoms with van der Waals surface area (Å²) in [5.41, 5.74) is 1.69. The molecule has 0 heterocycles. The number of aliphatic hydroxyl groups excluding tert-OH is 1. The average Bonchev–Trinajstić information content (AvgIpc) is 3.01. The van der Waals surface area contributed by atoms with Crippen molar-refractivity contribution in [3.8, 4) is 0 Å². The Hall–Kier alpha value is -1.50. The van der Waals surface area contributed by atoms with Gasteiger partial charge in [-0.05, 0) is 49.4 Å². The SMILES string of the molecule is CCCCC[C@H](O)/C=C/C1=C(C/C=C\CCCC(=O)OC)C(=O)CC1O[Si](C)(C)C(C)(C)C. The van der Waals surface area contributed by atoms with Crippen LogP contribution in [0, 0.1) is 0 Å². The molecule has 1 aliphatic rings. The number of hydrogen-bond acceptors (Lipinski definition) is 5. The van der Waals surface area contributed by atoms with E-state index in [-0.39, 0.29) is 22.9 Å². The Morgan fingerprint density at radius 3 is 2.52 bits per heavy atom. The van der Waals surface area contributed by atoms with E-state index >= 15 is 0 Å². The normalized spacial score (nSPS) is 18.7. The predicted octanol–water partition coefficient (Wildman–Crippen LogP) is 6.43. The molecule has 0 bridgehead atoms. The second-order valence-electron chi connectivity index (χ2n) is 10.5. The van der Waals surface area contributed by atoms with Crippen molar-refractivity contribution in [1.82, 2.24) is 0 Å². The number of ether oxygens (including phenoxy) is 1. The molecule has 188 valence electrons. The van der Waals surface area contributed by atoms with E-state index in [9.17, 15) is 14.7 Å². The topological polar surface area (TPSA) is 72.8 Å². The maximum atomic E-state index is 12.9. The summed E-state index contributed by atoms with van der Waals surface area (Å²) in [7, 11) is -0.664. The van der Waals surface area contributed by atoms with E-state index in [0.717, 1.165) is 49.7 Å². The Morgan fingerprint density at radius 2 is 1.91 bits per heavy atom. The molecule has 1 N–H and O–H groups in total. The highest BCUT2D eigenvalue weighted by Crippen LogP contribution is 2.41. The second kappa shape index (κ2) is 14.0. The van der Waals surface area contributed by atoms with Crippen molar-refractivity contribution >= 4 is 20.1 Å². The first kappa shape index (κ1) is 29.5.